The summed E-state index contributed by atoms with van der Waals surface area (Å²) in [7, 11) is 0. The van der Waals surface area contributed by atoms with E-state index in [1.165, 1.54) is 134 Å². The van der Waals surface area contributed by atoms with Gasteiger partial charge in [0.2, 0.25) is 0 Å². The number of nitrogens with zero attached hydrogens (tertiary/aromatic N) is 1. The van der Waals surface area contributed by atoms with Gasteiger partial charge in [0.15, 0.2) is 6.29 Å². The van der Waals surface area contributed by atoms with Gasteiger partial charge in [-0.3, -0.25) is 4.79 Å². The Balaban J connectivity index is 1.37. The molecule has 0 N–H and O–H groups in total. The van der Waals surface area contributed by atoms with Gasteiger partial charge in [0.25, 0.3) is 0 Å². The van der Waals surface area contributed by atoms with Crippen molar-refractivity contribution >= 4 is 33.5 Å². The summed E-state index contributed by atoms with van der Waals surface area (Å²) in [6.45, 7) is 6.87. The van der Waals surface area contributed by atoms with Gasteiger partial charge >= 0.3 is 0 Å². The topological polar surface area (TPSA) is 20.3 Å². The van der Waals surface area contributed by atoms with Gasteiger partial charge in [0.1, 0.15) is 0 Å². The Morgan fingerprint density at radius 1 is 0.469 bits per heavy atom. The third-order valence-corrected chi connectivity index (χ3v) is 10.2. The fraction of sp³-hybridized carbons (Fsp3) is 0.511. The maximum atomic E-state index is 12.1. The fourth-order valence-corrected chi connectivity index (χ4v) is 7.26. The maximum Gasteiger partial charge on any atom is 0.151 e. The van der Waals surface area contributed by atoms with Crippen molar-refractivity contribution in [1.82, 2.24) is 0 Å². The summed E-state index contributed by atoms with van der Waals surface area (Å²) in [5, 5.41) is 3.99. The lowest BCUT2D eigenvalue weighted by Crippen LogP contribution is -2.25. The van der Waals surface area contributed by atoms with Gasteiger partial charge < -0.3 is 4.90 Å². The minimum Gasteiger partial charge on any atom is -0.372 e. The van der Waals surface area contributed by atoms with Crippen molar-refractivity contribution in [3.05, 3.63) is 89.5 Å². The van der Waals surface area contributed by atoms with Gasteiger partial charge in [0, 0.05) is 35.5 Å². The predicted octanol–water partition coefficient (Wildman–Crippen LogP) is 13.9. The minimum atomic E-state index is 0.742. The molecule has 0 bridgehead atoms. The maximum absolute atomic E-state index is 12.1. The zero-order valence-electron chi connectivity index (χ0n) is 30.9. The number of fused-ring (bicyclic) bond motifs is 2. The molecule has 0 unspecified atom stereocenters. The number of aldehydes is 1. The lowest BCUT2D eigenvalue weighted by molar-refractivity contribution is 0.112. The molecule has 0 amide bonds. The van der Waals surface area contributed by atoms with Crippen molar-refractivity contribution in [2.24, 2.45) is 0 Å². The van der Waals surface area contributed by atoms with E-state index < -0.39 is 0 Å². The van der Waals surface area contributed by atoms with Crippen LogP contribution in [-0.2, 0) is 0 Å². The van der Waals surface area contributed by atoms with E-state index in [-0.39, 0.29) is 0 Å². The van der Waals surface area contributed by atoms with Gasteiger partial charge in [-0.1, -0.05) is 190 Å². The Morgan fingerprint density at radius 3 is 1.27 bits per heavy atom. The molecule has 4 rings (SSSR count). The molecule has 2 nitrogen and oxygen atoms in total. The van der Waals surface area contributed by atoms with Crippen LogP contribution < -0.4 is 4.90 Å². The molecule has 0 radical (unpaired) electrons. The quantitative estimate of drug-likeness (QED) is 0.0323. The summed E-state index contributed by atoms with van der Waals surface area (Å²) in [6.07, 6.45) is 28.4. The molecule has 4 aromatic carbocycles. The number of rotatable bonds is 24. The molecule has 0 spiro atoms. The van der Waals surface area contributed by atoms with Crippen molar-refractivity contribution in [3.63, 3.8) is 0 Å². The molecule has 0 aromatic heterocycles. The molecule has 4 aromatic rings. The van der Waals surface area contributed by atoms with E-state index in [0.29, 0.717) is 0 Å². The van der Waals surface area contributed by atoms with E-state index in [1.807, 2.05) is 36.4 Å². The van der Waals surface area contributed by atoms with Crippen molar-refractivity contribution in [3.8, 4) is 11.8 Å². The average Bonchev–Trinajstić information content (AvgIpc) is 3.14. The highest BCUT2D eigenvalue weighted by Crippen LogP contribution is 2.31. The molecule has 0 aliphatic heterocycles. The van der Waals surface area contributed by atoms with Crippen LogP contribution in [0.4, 0.5) is 5.69 Å². The molecular formula is C47H63NO. The standard InChI is InChI=1S/C47H63NO/c1-3-5-7-9-11-13-15-17-19-25-37-48(38-26-20-18-16-14-12-10-8-6-4-2)41-34-31-40(32-35-41)33-36-46-42-27-21-23-29-44(42)47(39-49)45-30-24-22-28-43(45)46/h21-24,27-32,34-35,39H,3-20,25-26,37-38H2,1-2H3. The van der Waals surface area contributed by atoms with Gasteiger partial charge in [0.05, 0.1) is 0 Å². The fourth-order valence-electron chi connectivity index (χ4n) is 7.26. The second kappa shape index (κ2) is 22.9. The lowest BCUT2D eigenvalue weighted by Gasteiger charge is -2.25. The Morgan fingerprint density at radius 2 is 0.857 bits per heavy atom. The summed E-state index contributed by atoms with van der Waals surface area (Å²) in [5.74, 6) is 6.98. The van der Waals surface area contributed by atoms with Crippen LogP contribution in [0.25, 0.3) is 21.5 Å². The normalized spacial score (nSPS) is 11.1. The molecule has 2 heteroatoms. The van der Waals surface area contributed by atoms with Crippen LogP contribution in [0.5, 0.6) is 0 Å². The van der Waals surface area contributed by atoms with Gasteiger partial charge in [-0.05, 0) is 58.7 Å². The van der Waals surface area contributed by atoms with Crippen molar-refractivity contribution < 1.29 is 4.79 Å². The molecule has 0 atom stereocenters. The van der Waals surface area contributed by atoms with E-state index in [0.717, 1.165) is 57.6 Å². The monoisotopic (exact) mass is 657 g/mol. The number of unbranched alkanes of at least 4 members (excludes halogenated alkanes) is 18. The number of anilines is 1. The van der Waals surface area contributed by atoms with Crippen molar-refractivity contribution in [2.45, 2.75) is 142 Å². The number of carbonyl (C=O) groups excluding carboxylic acids is 1. The molecule has 0 fully saturated rings. The van der Waals surface area contributed by atoms with Gasteiger partial charge in [-0.15, -0.1) is 0 Å². The van der Waals surface area contributed by atoms with Gasteiger partial charge in [-0.2, -0.15) is 0 Å². The highest BCUT2D eigenvalue weighted by molar-refractivity contribution is 6.15. The van der Waals surface area contributed by atoms with Crippen LogP contribution in [-0.4, -0.2) is 19.4 Å². The summed E-state index contributed by atoms with van der Waals surface area (Å²) in [5.41, 5.74) is 4.08. The first-order chi connectivity index (χ1) is 24.3. The van der Waals surface area contributed by atoms with Crippen LogP contribution in [0.15, 0.2) is 72.8 Å². The molecule has 0 aliphatic carbocycles. The van der Waals surface area contributed by atoms with Crippen LogP contribution >= 0.6 is 0 Å². The molecule has 0 aliphatic rings. The highest BCUT2D eigenvalue weighted by atomic mass is 16.1. The smallest absolute Gasteiger partial charge is 0.151 e. The third kappa shape index (κ3) is 12.7. The van der Waals surface area contributed by atoms with Crippen LogP contribution in [0.3, 0.4) is 0 Å². The number of hydrogen-bond donors (Lipinski definition) is 0. The number of hydrogen-bond acceptors (Lipinski definition) is 2. The largest absolute Gasteiger partial charge is 0.372 e. The van der Waals surface area contributed by atoms with E-state index in [4.69, 9.17) is 0 Å². The first kappa shape index (κ1) is 38.2. The average molecular weight is 658 g/mol. The summed E-state index contributed by atoms with van der Waals surface area (Å²) in [6, 6.07) is 25.2. The predicted molar refractivity (Wildman–Crippen MR) is 215 cm³/mol. The summed E-state index contributed by atoms with van der Waals surface area (Å²) >= 11 is 0. The summed E-state index contributed by atoms with van der Waals surface area (Å²) < 4.78 is 0. The van der Waals surface area contributed by atoms with Crippen LogP contribution in [0.1, 0.15) is 164 Å². The Bertz CT molecular complexity index is 1490. The zero-order chi connectivity index (χ0) is 34.4. The second-order valence-electron chi connectivity index (χ2n) is 14.1. The van der Waals surface area contributed by atoms with E-state index in [1.54, 1.807) is 0 Å². The molecule has 49 heavy (non-hydrogen) atoms. The Labute approximate surface area is 299 Å². The second-order valence-corrected chi connectivity index (χ2v) is 14.1. The molecule has 262 valence electrons. The lowest BCUT2D eigenvalue weighted by atomic mass is 9.92. The van der Waals surface area contributed by atoms with Gasteiger partial charge in [-0.25, -0.2) is 0 Å². The number of benzene rings is 4. The van der Waals surface area contributed by atoms with Crippen molar-refractivity contribution in [1.29, 1.82) is 0 Å². The molecular weight excluding hydrogens is 595 g/mol. The van der Waals surface area contributed by atoms with E-state index in [2.05, 4.69) is 67.0 Å². The third-order valence-electron chi connectivity index (χ3n) is 10.2. The first-order valence-corrected chi connectivity index (χ1v) is 20.0. The molecule has 0 heterocycles. The number of carbonyl (C=O) groups is 1. The summed E-state index contributed by atoms with van der Waals surface area (Å²) in [4.78, 5) is 14.7. The minimum absolute atomic E-state index is 0.742. The van der Waals surface area contributed by atoms with Crippen LogP contribution in [0, 0.1) is 11.8 Å². The Hall–Kier alpha value is -3.57. The highest BCUT2D eigenvalue weighted by Gasteiger charge is 2.12. The van der Waals surface area contributed by atoms with Crippen LogP contribution in [0.2, 0.25) is 0 Å². The van der Waals surface area contributed by atoms with Crippen molar-refractivity contribution in [2.75, 3.05) is 18.0 Å². The van der Waals surface area contributed by atoms with E-state index in [9.17, 15) is 4.79 Å². The molecule has 0 saturated carbocycles. The Kier molecular flexibility index (Phi) is 17.9. The van der Waals surface area contributed by atoms with E-state index >= 15 is 0 Å². The zero-order valence-corrected chi connectivity index (χ0v) is 30.9. The SMILES string of the molecule is CCCCCCCCCCCCN(CCCCCCCCCCCC)c1ccc(C#Cc2c3ccccc3c(C=O)c3ccccc23)cc1. The first-order valence-electron chi connectivity index (χ1n) is 20.0. The molecule has 0 saturated heterocycles.